The van der Waals surface area contributed by atoms with Gasteiger partial charge in [0.05, 0.1) is 5.69 Å². The van der Waals surface area contributed by atoms with Gasteiger partial charge in [0.1, 0.15) is 5.76 Å². The van der Waals surface area contributed by atoms with Gasteiger partial charge in [-0.2, -0.15) is 0 Å². The molecule has 2 rings (SSSR count). The number of nitrogens with zero attached hydrogens (tertiary/aromatic N) is 1. The minimum Gasteiger partial charge on any atom is -0.437 e. The summed E-state index contributed by atoms with van der Waals surface area (Å²) in [5, 5.41) is 5.11. The van der Waals surface area contributed by atoms with E-state index in [2.05, 4.69) is 31.1 Å². The van der Waals surface area contributed by atoms with Crippen LogP contribution < -0.4 is 5.32 Å². The lowest BCUT2D eigenvalue weighted by molar-refractivity contribution is 0.213. The van der Waals surface area contributed by atoms with Crippen LogP contribution in [0.3, 0.4) is 0 Å². The highest BCUT2D eigenvalue weighted by Crippen LogP contribution is 2.42. The van der Waals surface area contributed by atoms with Gasteiger partial charge < -0.3 is 9.73 Å². The van der Waals surface area contributed by atoms with E-state index in [9.17, 15) is 0 Å². The third kappa shape index (κ3) is 4.01. The molecule has 2 unspecified atom stereocenters. The van der Waals surface area contributed by atoms with Crippen molar-refractivity contribution < 1.29 is 4.42 Å². The van der Waals surface area contributed by atoms with Crippen LogP contribution in [-0.4, -0.2) is 22.8 Å². The van der Waals surface area contributed by atoms with Crippen LogP contribution in [0.4, 0.5) is 0 Å². The Balaban J connectivity index is 2.06. The van der Waals surface area contributed by atoms with Crippen LogP contribution in [0.15, 0.2) is 9.64 Å². The number of nitrogens with one attached hydrogen (secondary N) is 1. The highest BCUT2D eigenvalue weighted by atomic mass is 32.2. The van der Waals surface area contributed by atoms with Gasteiger partial charge in [0.25, 0.3) is 5.22 Å². The number of aryl methyl sites for hydroxylation is 2. The third-order valence-corrected chi connectivity index (χ3v) is 5.43. The molecule has 0 radical (unpaired) electrons. The van der Waals surface area contributed by atoms with Crippen molar-refractivity contribution >= 4 is 11.8 Å². The first-order valence-electron chi connectivity index (χ1n) is 7.75. The Morgan fingerprint density at radius 2 is 2.15 bits per heavy atom. The Morgan fingerprint density at radius 3 is 2.75 bits per heavy atom. The molecule has 0 aliphatic heterocycles. The first kappa shape index (κ1) is 15.9. The van der Waals surface area contributed by atoms with E-state index in [0.29, 0.717) is 16.7 Å². The molecule has 1 aliphatic rings. The van der Waals surface area contributed by atoms with Crippen LogP contribution in [0.25, 0.3) is 0 Å². The summed E-state index contributed by atoms with van der Waals surface area (Å²) in [5.41, 5.74) is 1.44. The molecule has 0 bridgehead atoms. The van der Waals surface area contributed by atoms with Gasteiger partial charge in [-0.1, -0.05) is 32.5 Å². The summed E-state index contributed by atoms with van der Waals surface area (Å²) < 4.78 is 5.76. The lowest BCUT2D eigenvalue weighted by Gasteiger charge is -2.40. The minimum atomic E-state index is 0.429. The predicted octanol–water partition coefficient (Wildman–Crippen LogP) is 4.33. The second-order valence-corrected chi connectivity index (χ2v) is 7.94. The van der Waals surface area contributed by atoms with E-state index in [-0.39, 0.29) is 0 Å². The summed E-state index contributed by atoms with van der Waals surface area (Å²) in [5.74, 6) is 0.945. The van der Waals surface area contributed by atoms with E-state index in [1.807, 2.05) is 25.6 Å². The fourth-order valence-corrected chi connectivity index (χ4v) is 4.38. The van der Waals surface area contributed by atoms with Crippen LogP contribution in [0.1, 0.15) is 57.9 Å². The Morgan fingerprint density at radius 1 is 1.40 bits per heavy atom. The van der Waals surface area contributed by atoms with Crippen molar-refractivity contribution in [1.29, 1.82) is 0 Å². The van der Waals surface area contributed by atoms with Gasteiger partial charge in [0.15, 0.2) is 0 Å². The van der Waals surface area contributed by atoms with Crippen molar-refractivity contribution in [2.45, 2.75) is 76.8 Å². The number of hydrogen-bond acceptors (Lipinski definition) is 4. The zero-order chi connectivity index (χ0) is 14.8. The molecule has 1 fully saturated rings. The SMILES string of the molecule is CCCNC1CCC(C)(C)CC1Sc1nc(C)c(C)o1. The lowest BCUT2D eigenvalue weighted by atomic mass is 9.75. The summed E-state index contributed by atoms with van der Waals surface area (Å²) in [7, 11) is 0. The molecule has 4 heteroatoms. The second kappa shape index (κ2) is 6.52. The Labute approximate surface area is 127 Å². The van der Waals surface area contributed by atoms with E-state index in [0.717, 1.165) is 23.2 Å². The molecule has 3 nitrogen and oxygen atoms in total. The van der Waals surface area contributed by atoms with Gasteiger partial charge >= 0.3 is 0 Å². The van der Waals surface area contributed by atoms with E-state index in [1.54, 1.807) is 0 Å². The van der Waals surface area contributed by atoms with Crippen molar-refractivity contribution in [2.24, 2.45) is 5.41 Å². The predicted molar refractivity (Wildman–Crippen MR) is 85.3 cm³/mol. The van der Waals surface area contributed by atoms with Crippen LogP contribution in [0.2, 0.25) is 0 Å². The van der Waals surface area contributed by atoms with E-state index in [4.69, 9.17) is 4.42 Å². The summed E-state index contributed by atoms with van der Waals surface area (Å²) in [6.45, 7) is 12.1. The molecule has 114 valence electrons. The van der Waals surface area contributed by atoms with Crippen molar-refractivity contribution in [2.75, 3.05) is 6.54 Å². The standard InChI is InChI=1S/C16H28N2OS/c1-6-9-17-13-7-8-16(4,5)10-14(13)20-15-18-11(2)12(3)19-15/h13-14,17H,6-10H2,1-5H3. The first-order chi connectivity index (χ1) is 9.41. The molecule has 0 saturated heterocycles. The Kier molecular flexibility index (Phi) is 5.19. The first-order valence-corrected chi connectivity index (χ1v) is 8.63. The second-order valence-electron chi connectivity index (χ2n) is 6.75. The molecule has 1 aromatic heterocycles. The molecule has 1 N–H and O–H groups in total. The molecule has 0 spiro atoms. The third-order valence-electron chi connectivity index (χ3n) is 4.25. The Bertz CT molecular complexity index is 422. The average Bonchev–Trinajstić information content (AvgIpc) is 2.66. The molecule has 0 amide bonds. The monoisotopic (exact) mass is 296 g/mol. The van der Waals surface area contributed by atoms with Gasteiger partial charge in [0, 0.05) is 11.3 Å². The van der Waals surface area contributed by atoms with Crippen LogP contribution in [0, 0.1) is 19.3 Å². The highest BCUT2D eigenvalue weighted by molar-refractivity contribution is 7.99. The van der Waals surface area contributed by atoms with E-state index < -0.39 is 0 Å². The average molecular weight is 296 g/mol. The number of aromatic nitrogens is 1. The molecular formula is C16H28N2OS. The maximum absolute atomic E-state index is 5.76. The van der Waals surface area contributed by atoms with E-state index >= 15 is 0 Å². The largest absolute Gasteiger partial charge is 0.437 e. The fraction of sp³-hybridized carbons (Fsp3) is 0.812. The molecule has 20 heavy (non-hydrogen) atoms. The van der Waals surface area contributed by atoms with E-state index in [1.165, 1.54) is 25.7 Å². The smallest absolute Gasteiger partial charge is 0.256 e. The summed E-state index contributed by atoms with van der Waals surface area (Å²) >= 11 is 1.82. The number of thioether (sulfide) groups is 1. The maximum atomic E-state index is 5.76. The zero-order valence-corrected chi connectivity index (χ0v) is 14.3. The Hall–Kier alpha value is -0.480. The highest BCUT2D eigenvalue weighted by Gasteiger charge is 2.36. The summed E-state index contributed by atoms with van der Waals surface area (Å²) in [4.78, 5) is 4.54. The van der Waals surface area contributed by atoms with Gasteiger partial charge in [-0.3, -0.25) is 0 Å². The topological polar surface area (TPSA) is 38.1 Å². The quantitative estimate of drug-likeness (QED) is 0.877. The molecule has 2 atom stereocenters. The minimum absolute atomic E-state index is 0.429. The number of oxazole rings is 1. The zero-order valence-electron chi connectivity index (χ0n) is 13.5. The number of rotatable bonds is 5. The van der Waals surface area contributed by atoms with Crippen LogP contribution in [0.5, 0.6) is 0 Å². The molecule has 1 saturated carbocycles. The van der Waals surface area contributed by atoms with Crippen LogP contribution in [-0.2, 0) is 0 Å². The van der Waals surface area contributed by atoms with Gasteiger partial charge in [-0.05, 0) is 51.5 Å². The van der Waals surface area contributed by atoms with Crippen molar-refractivity contribution in [3.63, 3.8) is 0 Å². The fourth-order valence-electron chi connectivity index (χ4n) is 2.83. The maximum Gasteiger partial charge on any atom is 0.256 e. The van der Waals surface area contributed by atoms with Crippen molar-refractivity contribution in [1.82, 2.24) is 10.3 Å². The lowest BCUT2D eigenvalue weighted by Crippen LogP contribution is -2.45. The molecule has 1 aliphatic carbocycles. The molecule has 1 aromatic rings. The van der Waals surface area contributed by atoms with Gasteiger partial charge in [-0.15, -0.1) is 0 Å². The van der Waals surface area contributed by atoms with Gasteiger partial charge in [-0.25, -0.2) is 4.98 Å². The molecular weight excluding hydrogens is 268 g/mol. The summed E-state index contributed by atoms with van der Waals surface area (Å²) in [6.07, 6.45) is 4.96. The van der Waals surface area contributed by atoms with Crippen molar-refractivity contribution in [3.05, 3.63) is 11.5 Å². The van der Waals surface area contributed by atoms with Gasteiger partial charge in [0.2, 0.25) is 0 Å². The summed E-state index contributed by atoms with van der Waals surface area (Å²) in [6, 6.07) is 0.584. The normalized spacial score (nSPS) is 25.9. The molecule has 1 heterocycles. The van der Waals surface area contributed by atoms with Crippen molar-refractivity contribution in [3.8, 4) is 0 Å². The van der Waals surface area contributed by atoms with Crippen LogP contribution >= 0.6 is 11.8 Å². The molecule has 0 aromatic carbocycles. The number of hydrogen-bond donors (Lipinski definition) is 1.